The van der Waals surface area contributed by atoms with Gasteiger partial charge in [0.15, 0.2) is 0 Å². The minimum absolute atomic E-state index is 0.0314. The van der Waals surface area contributed by atoms with Crippen LogP contribution in [0.3, 0.4) is 0 Å². The Kier molecular flexibility index (Phi) is 4.46. The second-order valence-electron chi connectivity index (χ2n) is 7.70. The highest BCUT2D eigenvalue weighted by Gasteiger charge is 2.37. The summed E-state index contributed by atoms with van der Waals surface area (Å²) in [6, 6.07) is 0. The lowest BCUT2D eigenvalue weighted by molar-refractivity contribution is -0.120. The third-order valence-electron chi connectivity index (χ3n) is 5.59. The Labute approximate surface area is 123 Å². The van der Waals surface area contributed by atoms with Crippen LogP contribution in [0.25, 0.3) is 0 Å². The van der Waals surface area contributed by atoms with E-state index in [1.54, 1.807) is 0 Å². The Morgan fingerprint density at radius 3 is 2.40 bits per heavy atom. The topological polar surface area (TPSA) is 23.6 Å². The molecular weight excluding hydrogens is 248 g/mol. The molecule has 0 spiro atoms. The lowest BCUT2D eigenvalue weighted by atomic mass is 9.70. The average Bonchev–Trinajstić information content (AvgIpc) is 3.25. The first-order valence-electron chi connectivity index (χ1n) is 8.60. The van der Waals surface area contributed by atoms with Crippen molar-refractivity contribution < 1.29 is 4.79 Å². The van der Waals surface area contributed by atoms with E-state index >= 15 is 0 Å². The van der Waals surface area contributed by atoms with Crippen LogP contribution in [-0.2, 0) is 4.79 Å². The minimum atomic E-state index is -0.0314. The van der Waals surface area contributed by atoms with Crippen LogP contribution >= 0.6 is 0 Å². The Morgan fingerprint density at radius 2 is 1.80 bits per heavy atom. The third kappa shape index (κ3) is 3.62. The van der Waals surface area contributed by atoms with Crippen molar-refractivity contribution in [1.82, 2.24) is 9.80 Å². The zero-order valence-electron chi connectivity index (χ0n) is 13.0. The van der Waals surface area contributed by atoms with Gasteiger partial charge in [-0.15, -0.1) is 0 Å². The van der Waals surface area contributed by atoms with E-state index in [1.807, 2.05) is 0 Å². The van der Waals surface area contributed by atoms with E-state index in [4.69, 9.17) is 0 Å². The number of rotatable bonds is 5. The number of aldehydes is 1. The molecule has 0 N–H and O–H groups in total. The lowest BCUT2D eigenvalue weighted by Gasteiger charge is -2.42. The predicted octanol–water partition coefficient (Wildman–Crippen LogP) is 2.41. The van der Waals surface area contributed by atoms with Gasteiger partial charge in [-0.1, -0.05) is 19.8 Å². The van der Waals surface area contributed by atoms with Crippen LogP contribution in [-0.4, -0.2) is 55.4 Å². The van der Waals surface area contributed by atoms with Gasteiger partial charge in [-0.05, 0) is 37.5 Å². The Bertz CT molecular complexity index is 334. The van der Waals surface area contributed by atoms with E-state index in [2.05, 4.69) is 16.7 Å². The van der Waals surface area contributed by atoms with Crippen LogP contribution in [0.4, 0.5) is 0 Å². The second-order valence-corrected chi connectivity index (χ2v) is 7.70. The highest BCUT2D eigenvalue weighted by Crippen LogP contribution is 2.38. The fourth-order valence-electron chi connectivity index (χ4n) is 4.23. The van der Waals surface area contributed by atoms with Crippen molar-refractivity contribution in [3.8, 4) is 0 Å². The Balaban J connectivity index is 1.48. The Morgan fingerprint density at radius 1 is 1.10 bits per heavy atom. The number of carbonyl (C=O) groups is 1. The molecule has 2 aliphatic carbocycles. The predicted molar refractivity (Wildman–Crippen MR) is 81.7 cm³/mol. The largest absolute Gasteiger partial charge is 0.303 e. The lowest BCUT2D eigenvalue weighted by Crippen LogP contribution is -2.51. The summed E-state index contributed by atoms with van der Waals surface area (Å²) < 4.78 is 0. The Hall–Kier alpha value is -0.410. The smallest absolute Gasteiger partial charge is 0.127 e. The maximum atomic E-state index is 11.7. The number of hydrogen-bond donors (Lipinski definition) is 0. The molecule has 1 aliphatic heterocycles. The summed E-state index contributed by atoms with van der Waals surface area (Å²) in [6.45, 7) is 9.39. The normalized spacial score (nSPS) is 37.0. The van der Waals surface area contributed by atoms with Gasteiger partial charge in [0.25, 0.3) is 0 Å². The van der Waals surface area contributed by atoms with E-state index in [9.17, 15) is 4.79 Å². The van der Waals surface area contributed by atoms with Crippen molar-refractivity contribution in [3.63, 3.8) is 0 Å². The molecule has 3 rings (SSSR count). The minimum Gasteiger partial charge on any atom is -0.303 e. The number of piperazine rings is 1. The summed E-state index contributed by atoms with van der Waals surface area (Å²) in [4.78, 5) is 16.9. The maximum Gasteiger partial charge on any atom is 0.127 e. The zero-order chi connectivity index (χ0) is 14.0. The standard InChI is InChI=1S/C17H30N2O/c1-15-3-2-6-17(11-15,14-20)13-19-9-7-18(8-10-19)12-16-4-5-16/h14-16H,2-13H2,1H3. The van der Waals surface area contributed by atoms with Gasteiger partial charge < -0.3 is 9.69 Å². The summed E-state index contributed by atoms with van der Waals surface area (Å²) in [5, 5.41) is 0. The van der Waals surface area contributed by atoms with Crippen LogP contribution in [0.1, 0.15) is 45.4 Å². The van der Waals surface area contributed by atoms with Crippen LogP contribution in [0.15, 0.2) is 0 Å². The fourth-order valence-corrected chi connectivity index (χ4v) is 4.23. The van der Waals surface area contributed by atoms with Gasteiger partial charge in [0, 0.05) is 44.7 Å². The molecule has 2 unspecified atom stereocenters. The summed E-state index contributed by atoms with van der Waals surface area (Å²) >= 11 is 0. The van der Waals surface area contributed by atoms with Gasteiger partial charge >= 0.3 is 0 Å². The SMILES string of the molecule is CC1CCCC(C=O)(CN2CCN(CC3CC3)CC2)C1. The average molecular weight is 278 g/mol. The number of carbonyl (C=O) groups excluding carboxylic acids is 1. The van der Waals surface area contributed by atoms with Gasteiger partial charge in [0.1, 0.15) is 6.29 Å². The van der Waals surface area contributed by atoms with Crippen molar-refractivity contribution >= 4 is 6.29 Å². The van der Waals surface area contributed by atoms with E-state index < -0.39 is 0 Å². The third-order valence-corrected chi connectivity index (χ3v) is 5.59. The first-order chi connectivity index (χ1) is 9.69. The maximum absolute atomic E-state index is 11.7. The molecule has 0 radical (unpaired) electrons. The van der Waals surface area contributed by atoms with Crippen LogP contribution < -0.4 is 0 Å². The molecule has 0 aromatic carbocycles. The van der Waals surface area contributed by atoms with Gasteiger partial charge in [-0.25, -0.2) is 0 Å². The van der Waals surface area contributed by atoms with Gasteiger partial charge in [0.2, 0.25) is 0 Å². The molecule has 1 heterocycles. The molecule has 3 heteroatoms. The van der Waals surface area contributed by atoms with Crippen LogP contribution in [0.5, 0.6) is 0 Å². The van der Waals surface area contributed by atoms with E-state index in [0.717, 1.165) is 44.3 Å². The van der Waals surface area contributed by atoms with Crippen molar-refractivity contribution in [1.29, 1.82) is 0 Å². The molecule has 0 aromatic rings. The molecular formula is C17H30N2O. The van der Waals surface area contributed by atoms with E-state index in [1.165, 1.54) is 51.6 Å². The summed E-state index contributed by atoms with van der Waals surface area (Å²) in [5.74, 6) is 1.73. The van der Waals surface area contributed by atoms with Crippen molar-refractivity contribution in [2.75, 3.05) is 39.3 Å². The summed E-state index contributed by atoms with van der Waals surface area (Å²) in [5.41, 5.74) is -0.0314. The molecule has 3 aliphatic rings. The van der Waals surface area contributed by atoms with Gasteiger partial charge in [-0.3, -0.25) is 4.90 Å². The number of hydrogen-bond acceptors (Lipinski definition) is 3. The summed E-state index contributed by atoms with van der Waals surface area (Å²) in [6.07, 6.45) is 8.96. The first kappa shape index (κ1) is 14.5. The van der Waals surface area contributed by atoms with Gasteiger partial charge in [0.05, 0.1) is 0 Å². The monoisotopic (exact) mass is 278 g/mol. The van der Waals surface area contributed by atoms with Crippen molar-refractivity contribution in [2.45, 2.75) is 45.4 Å². The molecule has 20 heavy (non-hydrogen) atoms. The summed E-state index contributed by atoms with van der Waals surface area (Å²) in [7, 11) is 0. The highest BCUT2D eigenvalue weighted by molar-refractivity contribution is 5.60. The molecule has 3 nitrogen and oxygen atoms in total. The fraction of sp³-hybridized carbons (Fsp3) is 0.941. The second kappa shape index (κ2) is 6.15. The van der Waals surface area contributed by atoms with E-state index in [0.29, 0.717) is 0 Å². The van der Waals surface area contributed by atoms with Crippen LogP contribution in [0.2, 0.25) is 0 Å². The molecule has 114 valence electrons. The van der Waals surface area contributed by atoms with Crippen molar-refractivity contribution in [3.05, 3.63) is 0 Å². The van der Waals surface area contributed by atoms with Crippen molar-refractivity contribution in [2.24, 2.45) is 17.3 Å². The molecule has 3 fully saturated rings. The molecule has 0 amide bonds. The highest BCUT2D eigenvalue weighted by atomic mass is 16.1. The molecule has 2 saturated carbocycles. The van der Waals surface area contributed by atoms with E-state index in [-0.39, 0.29) is 5.41 Å². The molecule has 2 atom stereocenters. The molecule has 0 bridgehead atoms. The zero-order valence-corrected chi connectivity index (χ0v) is 13.0. The molecule has 1 saturated heterocycles. The quantitative estimate of drug-likeness (QED) is 0.722. The number of nitrogens with zero attached hydrogens (tertiary/aromatic N) is 2. The van der Waals surface area contributed by atoms with Crippen LogP contribution in [0, 0.1) is 17.3 Å². The first-order valence-corrected chi connectivity index (χ1v) is 8.60. The molecule has 0 aromatic heterocycles. The van der Waals surface area contributed by atoms with Gasteiger partial charge in [-0.2, -0.15) is 0 Å².